The molecule has 2 aromatic rings. The minimum atomic E-state index is 0.582. The molecular weight excluding hydrogens is 338 g/mol. The van der Waals surface area contributed by atoms with Crippen molar-refractivity contribution in [2.24, 2.45) is 10.9 Å². The molecule has 1 aromatic carbocycles. The lowest BCUT2D eigenvalue weighted by atomic mass is 10.1. The van der Waals surface area contributed by atoms with E-state index < -0.39 is 0 Å². The number of imidazole rings is 1. The van der Waals surface area contributed by atoms with Gasteiger partial charge in [0.1, 0.15) is 11.6 Å². The summed E-state index contributed by atoms with van der Waals surface area (Å²) < 4.78 is 8.07. The number of hydrogen-bond donors (Lipinski definition) is 2. The number of hydrogen-bond acceptors (Lipinski definition) is 3. The normalized spacial score (nSPS) is 11.7. The van der Waals surface area contributed by atoms with Gasteiger partial charge in [-0.25, -0.2) is 4.98 Å². The molecule has 0 saturated carbocycles. The average Bonchev–Trinajstić information content (AvgIpc) is 3.07. The lowest BCUT2D eigenvalue weighted by molar-refractivity contribution is 0.313. The summed E-state index contributed by atoms with van der Waals surface area (Å²) in [6.45, 7) is 11.6. The summed E-state index contributed by atoms with van der Waals surface area (Å²) in [4.78, 5) is 8.77. The molecule has 0 unspecified atom stereocenters. The van der Waals surface area contributed by atoms with Crippen LogP contribution < -0.4 is 15.4 Å². The number of nitrogens with one attached hydrogen (secondary N) is 2. The minimum absolute atomic E-state index is 0.582. The van der Waals surface area contributed by atoms with Crippen molar-refractivity contribution in [2.75, 3.05) is 13.7 Å². The van der Waals surface area contributed by atoms with Crippen LogP contribution in [-0.2, 0) is 19.6 Å². The molecule has 0 bridgehead atoms. The SMILES string of the molecule is CCCOc1cc(C)ccc1CNC(=NC)NCc1nccn1CC(C)C. The molecule has 2 rings (SSSR count). The standard InChI is InChI=1S/C21H33N5O/c1-6-11-27-19-12-17(4)7-8-18(19)13-24-21(22-5)25-14-20-23-9-10-26(20)15-16(2)3/h7-10,12,16H,6,11,13-15H2,1-5H3,(H2,22,24,25). The van der Waals surface area contributed by atoms with Crippen LogP contribution >= 0.6 is 0 Å². The Labute approximate surface area is 163 Å². The maximum absolute atomic E-state index is 5.89. The fourth-order valence-electron chi connectivity index (χ4n) is 2.78. The second-order valence-electron chi connectivity index (χ2n) is 7.13. The van der Waals surface area contributed by atoms with Crippen molar-refractivity contribution in [3.8, 4) is 5.75 Å². The zero-order valence-corrected chi connectivity index (χ0v) is 17.2. The van der Waals surface area contributed by atoms with Crippen molar-refractivity contribution in [3.05, 3.63) is 47.5 Å². The number of benzene rings is 1. The molecule has 6 heteroatoms. The minimum Gasteiger partial charge on any atom is -0.493 e. The lowest BCUT2D eigenvalue weighted by Crippen LogP contribution is -2.37. The van der Waals surface area contributed by atoms with Crippen molar-refractivity contribution in [1.29, 1.82) is 0 Å². The highest BCUT2D eigenvalue weighted by molar-refractivity contribution is 5.79. The van der Waals surface area contributed by atoms with Crippen LogP contribution in [0, 0.1) is 12.8 Å². The Morgan fingerprint density at radius 3 is 2.74 bits per heavy atom. The monoisotopic (exact) mass is 371 g/mol. The van der Waals surface area contributed by atoms with Gasteiger partial charge in [-0.1, -0.05) is 32.9 Å². The van der Waals surface area contributed by atoms with Crippen molar-refractivity contribution in [3.63, 3.8) is 0 Å². The number of aliphatic imine (C=N–C) groups is 1. The van der Waals surface area contributed by atoms with E-state index in [2.05, 4.69) is 71.1 Å². The molecule has 2 N–H and O–H groups in total. The first-order chi connectivity index (χ1) is 13.0. The van der Waals surface area contributed by atoms with Gasteiger partial charge in [0.2, 0.25) is 0 Å². The van der Waals surface area contributed by atoms with Crippen LogP contribution in [0.2, 0.25) is 0 Å². The summed E-state index contributed by atoms with van der Waals surface area (Å²) in [7, 11) is 1.78. The van der Waals surface area contributed by atoms with E-state index in [0.717, 1.165) is 42.7 Å². The van der Waals surface area contributed by atoms with E-state index in [9.17, 15) is 0 Å². The number of guanidine groups is 1. The van der Waals surface area contributed by atoms with Gasteiger partial charge in [0, 0.05) is 38.1 Å². The van der Waals surface area contributed by atoms with Gasteiger partial charge < -0.3 is 19.9 Å². The highest BCUT2D eigenvalue weighted by atomic mass is 16.5. The summed E-state index contributed by atoms with van der Waals surface area (Å²) >= 11 is 0. The summed E-state index contributed by atoms with van der Waals surface area (Å²) in [6, 6.07) is 6.30. The number of ether oxygens (including phenoxy) is 1. The van der Waals surface area contributed by atoms with Crippen LogP contribution in [0.1, 0.15) is 44.1 Å². The number of rotatable bonds is 9. The van der Waals surface area contributed by atoms with Gasteiger partial charge in [-0.15, -0.1) is 0 Å². The first-order valence-corrected chi connectivity index (χ1v) is 9.70. The van der Waals surface area contributed by atoms with E-state index in [1.165, 1.54) is 5.56 Å². The van der Waals surface area contributed by atoms with Gasteiger partial charge in [0.05, 0.1) is 13.2 Å². The third kappa shape index (κ3) is 6.62. The van der Waals surface area contributed by atoms with Crippen LogP contribution in [0.15, 0.2) is 35.6 Å². The molecule has 27 heavy (non-hydrogen) atoms. The Hall–Kier alpha value is -2.50. The molecule has 0 radical (unpaired) electrons. The highest BCUT2D eigenvalue weighted by Crippen LogP contribution is 2.20. The second kappa shape index (κ2) is 10.6. The Morgan fingerprint density at radius 1 is 1.26 bits per heavy atom. The lowest BCUT2D eigenvalue weighted by Gasteiger charge is -2.16. The van der Waals surface area contributed by atoms with E-state index in [4.69, 9.17) is 4.74 Å². The van der Waals surface area contributed by atoms with Gasteiger partial charge in [0.15, 0.2) is 5.96 Å². The molecule has 0 spiro atoms. The van der Waals surface area contributed by atoms with E-state index in [1.807, 2.05) is 12.4 Å². The summed E-state index contributed by atoms with van der Waals surface area (Å²) in [6.07, 6.45) is 4.86. The fourth-order valence-corrected chi connectivity index (χ4v) is 2.78. The Kier molecular flexibility index (Phi) is 8.17. The Morgan fingerprint density at radius 2 is 2.04 bits per heavy atom. The molecule has 0 saturated heterocycles. The fraction of sp³-hybridized carbons (Fsp3) is 0.524. The van der Waals surface area contributed by atoms with Crippen LogP contribution in [0.5, 0.6) is 5.75 Å². The second-order valence-corrected chi connectivity index (χ2v) is 7.13. The molecule has 1 aromatic heterocycles. The topological polar surface area (TPSA) is 63.5 Å². The number of aromatic nitrogens is 2. The maximum Gasteiger partial charge on any atom is 0.191 e. The first-order valence-electron chi connectivity index (χ1n) is 9.70. The quantitative estimate of drug-likeness (QED) is 0.523. The number of nitrogens with zero attached hydrogens (tertiary/aromatic N) is 3. The van der Waals surface area contributed by atoms with Crippen molar-refractivity contribution >= 4 is 5.96 Å². The summed E-state index contributed by atoms with van der Waals surface area (Å²) in [5, 5.41) is 6.71. The number of aryl methyl sites for hydroxylation is 1. The molecule has 0 aliphatic carbocycles. The van der Waals surface area contributed by atoms with Crippen molar-refractivity contribution in [2.45, 2.75) is 53.8 Å². The smallest absolute Gasteiger partial charge is 0.191 e. The Balaban J connectivity index is 1.94. The van der Waals surface area contributed by atoms with Crippen LogP contribution in [0.3, 0.4) is 0 Å². The molecule has 0 aliphatic heterocycles. The first kappa shape index (κ1) is 20.8. The van der Waals surface area contributed by atoms with Gasteiger partial charge >= 0.3 is 0 Å². The van der Waals surface area contributed by atoms with Crippen LogP contribution in [0.25, 0.3) is 0 Å². The molecule has 0 aliphatic rings. The maximum atomic E-state index is 5.89. The van der Waals surface area contributed by atoms with Gasteiger partial charge in [-0.2, -0.15) is 0 Å². The summed E-state index contributed by atoms with van der Waals surface area (Å²) in [5.74, 6) is 3.27. The van der Waals surface area contributed by atoms with Gasteiger partial charge in [-0.3, -0.25) is 4.99 Å². The molecular formula is C21H33N5O. The van der Waals surface area contributed by atoms with Crippen molar-refractivity contribution < 1.29 is 4.74 Å². The average molecular weight is 372 g/mol. The zero-order valence-electron chi connectivity index (χ0n) is 17.2. The van der Waals surface area contributed by atoms with E-state index in [1.54, 1.807) is 7.05 Å². The Bertz CT molecular complexity index is 736. The third-order valence-corrected chi connectivity index (χ3v) is 4.13. The molecule has 0 atom stereocenters. The van der Waals surface area contributed by atoms with Gasteiger partial charge in [-0.05, 0) is 30.9 Å². The summed E-state index contributed by atoms with van der Waals surface area (Å²) in [5.41, 5.74) is 2.32. The predicted molar refractivity (Wildman–Crippen MR) is 111 cm³/mol. The predicted octanol–water partition coefficient (Wildman–Crippen LogP) is 3.50. The largest absolute Gasteiger partial charge is 0.493 e. The van der Waals surface area contributed by atoms with Crippen LogP contribution in [-0.4, -0.2) is 29.2 Å². The third-order valence-electron chi connectivity index (χ3n) is 4.13. The van der Waals surface area contributed by atoms with E-state index in [-0.39, 0.29) is 0 Å². The molecule has 1 heterocycles. The molecule has 6 nitrogen and oxygen atoms in total. The molecule has 0 amide bonds. The van der Waals surface area contributed by atoms with E-state index in [0.29, 0.717) is 19.0 Å². The zero-order chi connectivity index (χ0) is 19.6. The van der Waals surface area contributed by atoms with Crippen LogP contribution in [0.4, 0.5) is 0 Å². The van der Waals surface area contributed by atoms with Gasteiger partial charge in [0.25, 0.3) is 0 Å². The molecule has 148 valence electrons. The van der Waals surface area contributed by atoms with Crippen molar-refractivity contribution in [1.82, 2.24) is 20.2 Å². The van der Waals surface area contributed by atoms with E-state index >= 15 is 0 Å². The highest BCUT2D eigenvalue weighted by Gasteiger charge is 2.08. The molecule has 0 fully saturated rings.